The number of piperazine rings is 1. The summed E-state index contributed by atoms with van der Waals surface area (Å²) in [6.45, 7) is 2.85. The Kier molecular flexibility index (Phi) is 9.39. The van der Waals surface area contributed by atoms with E-state index in [1.54, 1.807) is 29.2 Å². The number of carbonyl (C=O) groups is 3. The van der Waals surface area contributed by atoms with Crippen LogP contribution in [0.5, 0.6) is 0 Å². The Morgan fingerprint density at radius 2 is 1.41 bits per heavy atom. The van der Waals surface area contributed by atoms with E-state index in [-0.39, 0.29) is 5.91 Å². The predicted octanol–water partition coefficient (Wildman–Crippen LogP) is 5.25. The first-order chi connectivity index (χ1) is 21.1. The minimum atomic E-state index is -4.52. The first-order valence-corrected chi connectivity index (χ1v) is 14.9. The number of carbonyl (C=O) groups excluding carboxylic acids is 3. The van der Waals surface area contributed by atoms with Gasteiger partial charge in [-0.1, -0.05) is 85.3 Å². The quantitative estimate of drug-likeness (QED) is 0.252. The van der Waals surface area contributed by atoms with Crippen molar-refractivity contribution in [1.29, 1.82) is 0 Å². The highest BCUT2D eigenvalue weighted by Gasteiger charge is 2.49. The highest BCUT2D eigenvalue weighted by atomic mass is 19.4. The summed E-state index contributed by atoms with van der Waals surface area (Å²) in [5, 5.41) is 2.18. The van der Waals surface area contributed by atoms with Gasteiger partial charge in [0.2, 0.25) is 12.0 Å². The Balaban J connectivity index is 1.22. The van der Waals surface area contributed by atoms with Crippen LogP contribution < -0.4 is 5.32 Å². The molecule has 0 radical (unpaired) electrons. The summed E-state index contributed by atoms with van der Waals surface area (Å²) < 4.78 is 44.8. The molecule has 1 aliphatic carbocycles. The number of esters is 1. The largest absolute Gasteiger partial charge is 0.447 e. The van der Waals surface area contributed by atoms with Crippen molar-refractivity contribution in [2.24, 2.45) is 0 Å². The van der Waals surface area contributed by atoms with Crippen molar-refractivity contribution in [1.82, 2.24) is 15.1 Å². The Hall–Kier alpha value is -4.18. The number of fused-ring (bicyclic) bond motifs is 3. The van der Waals surface area contributed by atoms with Gasteiger partial charge in [0.1, 0.15) is 12.0 Å². The van der Waals surface area contributed by atoms with Crippen LogP contribution >= 0.6 is 0 Å². The fraction of sp³-hybridized carbons (Fsp3) is 0.382. The van der Waals surface area contributed by atoms with Gasteiger partial charge in [-0.05, 0) is 41.6 Å². The van der Waals surface area contributed by atoms with Crippen molar-refractivity contribution >= 4 is 17.8 Å². The van der Waals surface area contributed by atoms with E-state index in [1.165, 1.54) is 6.92 Å². The van der Waals surface area contributed by atoms with E-state index in [0.29, 0.717) is 44.6 Å². The third-order valence-corrected chi connectivity index (χ3v) is 8.47. The summed E-state index contributed by atoms with van der Waals surface area (Å²) in [5.41, 5.74) is 2.61. The summed E-state index contributed by atoms with van der Waals surface area (Å²) in [7, 11) is 0. The lowest BCUT2D eigenvalue weighted by atomic mass is 9.73. The Bertz CT molecular complexity index is 1440. The van der Waals surface area contributed by atoms with Crippen LogP contribution in [0.2, 0.25) is 0 Å². The number of unbranched alkanes of at least 4 members (excludes halogenated alkanes) is 1. The molecule has 1 N–H and O–H groups in total. The van der Waals surface area contributed by atoms with Crippen LogP contribution in [0.3, 0.4) is 0 Å². The molecule has 3 aromatic rings. The Morgan fingerprint density at radius 1 is 0.841 bits per heavy atom. The zero-order valence-corrected chi connectivity index (χ0v) is 24.6. The molecule has 5 rings (SSSR count). The van der Waals surface area contributed by atoms with E-state index in [2.05, 4.69) is 10.2 Å². The molecule has 1 saturated heterocycles. The molecule has 10 heteroatoms. The molecule has 3 aromatic carbocycles. The SMILES string of the molecule is CC(=O)OC(C(=O)N1CCN(CCCCC2(C(=O)NCC(F)(F)F)c3ccccc3-c3ccccc32)CC1)c1ccccc1. The molecule has 7 nitrogen and oxygen atoms in total. The highest BCUT2D eigenvalue weighted by Crippen LogP contribution is 2.51. The van der Waals surface area contributed by atoms with Gasteiger partial charge in [-0.25, -0.2) is 0 Å². The normalized spacial score (nSPS) is 16.5. The van der Waals surface area contributed by atoms with Crippen LogP contribution in [0.4, 0.5) is 13.2 Å². The van der Waals surface area contributed by atoms with E-state index in [4.69, 9.17) is 4.74 Å². The fourth-order valence-electron chi connectivity index (χ4n) is 6.42. The van der Waals surface area contributed by atoms with Crippen LogP contribution in [-0.4, -0.2) is 73.0 Å². The van der Waals surface area contributed by atoms with E-state index in [0.717, 1.165) is 35.2 Å². The van der Waals surface area contributed by atoms with Crippen LogP contribution in [0.25, 0.3) is 11.1 Å². The van der Waals surface area contributed by atoms with Gasteiger partial charge in [0.15, 0.2) is 0 Å². The number of rotatable bonds is 10. The standard InChI is InChI=1S/C34H36F3N3O4/c1-24(41)44-30(25-11-3-2-4-12-25)31(42)40-21-19-39(20-22-40)18-10-9-17-33(32(43)38-23-34(35,36)37)28-15-7-5-13-26(28)27-14-6-8-16-29(27)33/h2-8,11-16,30H,9-10,17-23H2,1H3,(H,38,43). The molecule has 1 atom stereocenters. The first kappa shape index (κ1) is 31.3. The second-order valence-electron chi connectivity index (χ2n) is 11.3. The van der Waals surface area contributed by atoms with Crippen molar-refractivity contribution < 1.29 is 32.3 Å². The molecule has 44 heavy (non-hydrogen) atoms. The molecule has 232 valence electrons. The molecule has 1 aliphatic heterocycles. The predicted molar refractivity (Wildman–Crippen MR) is 160 cm³/mol. The van der Waals surface area contributed by atoms with Crippen LogP contribution in [0.1, 0.15) is 49.0 Å². The third kappa shape index (κ3) is 6.65. The second-order valence-corrected chi connectivity index (χ2v) is 11.3. The maximum atomic E-state index is 13.7. The number of nitrogens with one attached hydrogen (secondary N) is 1. The monoisotopic (exact) mass is 607 g/mol. The van der Waals surface area contributed by atoms with Crippen LogP contribution in [0, 0.1) is 0 Å². The summed E-state index contributed by atoms with van der Waals surface area (Å²) in [5.74, 6) is -1.42. The lowest BCUT2D eigenvalue weighted by Crippen LogP contribution is -2.50. The summed E-state index contributed by atoms with van der Waals surface area (Å²) in [6.07, 6.45) is -3.80. The summed E-state index contributed by atoms with van der Waals surface area (Å²) in [6, 6.07) is 23.9. The zero-order valence-electron chi connectivity index (χ0n) is 24.6. The molecule has 1 heterocycles. The number of nitrogens with zero attached hydrogens (tertiary/aromatic N) is 2. The van der Waals surface area contributed by atoms with Gasteiger partial charge in [-0.2, -0.15) is 13.2 Å². The average molecular weight is 608 g/mol. The molecule has 1 unspecified atom stereocenters. The molecular weight excluding hydrogens is 571 g/mol. The average Bonchev–Trinajstić information content (AvgIpc) is 3.31. The number of hydrogen-bond donors (Lipinski definition) is 1. The number of alkyl halides is 3. The first-order valence-electron chi connectivity index (χ1n) is 14.9. The second kappa shape index (κ2) is 13.2. The molecule has 1 fully saturated rings. The van der Waals surface area contributed by atoms with E-state index in [1.807, 2.05) is 54.6 Å². The Morgan fingerprint density at radius 3 is 1.98 bits per heavy atom. The summed E-state index contributed by atoms with van der Waals surface area (Å²) in [4.78, 5) is 42.6. The smallest absolute Gasteiger partial charge is 0.405 e. The maximum Gasteiger partial charge on any atom is 0.405 e. The van der Waals surface area contributed by atoms with Crippen molar-refractivity contribution in [3.05, 3.63) is 95.6 Å². The number of halogens is 3. The number of hydrogen-bond acceptors (Lipinski definition) is 5. The van der Waals surface area contributed by atoms with Crippen molar-refractivity contribution in [2.45, 2.75) is 43.9 Å². The summed E-state index contributed by atoms with van der Waals surface area (Å²) >= 11 is 0. The molecule has 0 spiro atoms. The van der Waals surface area contributed by atoms with E-state index in [9.17, 15) is 27.6 Å². The van der Waals surface area contributed by atoms with Gasteiger partial charge in [0, 0.05) is 38.7 Å². The van der Waals surface area contributed by atoms with E-state index < -0.39 is 36.1 Å². The van der Waals surface area contributed by atoms with Gasteiger partial charge < -0.3 is 15.0 Å². The topological polar surface area (TPSA) is 79.0 Å². The maximum absolute atomic E-state index is 13.7. The third-order valence-electron chi connectivity index (χ3n) is 8.47. The molecule has 0 bridgehead atoms. The highest BCUT2D eigenvalue weighted by molar-refractivity contribution is 6.00. The number of amides is 2. The fourth-order valence-corrected chi connectivity index (χ4v) is 6.42. The van der Waals surface area contributed by atoms with E-state index >= 15 is 0 Å². The van der Waals surface area contributed by atoms with Gasteiger partial charge in [0.25, 0.3) is 5.91 Å². The van der Waals surface area contributed by atoms with Crippen LogP contribution in [0.15, 0.2) is 78.9 Å². The minimum absolute atomic E-state index is 0.253. The molecule has 2 aliphatic rings. The van der Waals surface area contributed by atoms with Crippen molar-refractivity contribution in [3.63, 3.8) is 0 Å². The van der Waals surface area contributed by atoms with Gasteiger partial charge in [-0.3, -0.25) is 19.3 Å². The minimum Gasteiger partial charge on any atom is -0.447 e. The zero-order chi connectivity index (χ0) is 31.3. The molecule has 2 amide bonds. The van der Waals surface area contributed by atoms with Gasteiger partial charge >= 0.3 is 12.1 Å². The number of benzene rings is 3. The lowest BCUT2D eigenvalue weighted by Gasteiger charge is -2.36. The molecular formula is C34H36F3N3O4. The van der Waals surface area contributed by atoms with Crippen molar-refractivity contribution in [3.8, 4) is 11.1 Å². The van der Waals surface area contributed by atoms with Gasteiger partial charge in [-0.15, -0.1) is 0 Å². The Labute approximate surface area is 255 Å². The number of ether oxygens (including phenoxy) is 1. The van der Waals surface area contributed by atoms with Crippen molar-refractivity contribution in [2.75, 3.05) is 39.3 Å². The van der Waals surface area contributed by atoms with Gasteiger partial charge in [0.05, 0.1) is 0 Å². The molecule has 0 saturated carbocycles. The molecule has 0 aromatic heterocycles. The van der Waals surface area contributed by atoms with Crippen LogP contribution in [-0.2, 0) is 24.5 Å². The lowest BCUT2D eigenvalue weighted by molar-refractivity contribution is -0.160.